The zero-order chi connectivity index (χ0) is 12.1. The van der Waals surface area contributed by atoms with Crippen LogP contribution in [-0.2, 0) is 0 Å². The van der Waals surface area contributed by atoms with E-state index in [4.69, 9.17) is 0 Å². The van der Waals surface area contributed by atoms with Crippen LogP contribution in [0.4, 0.5) is 13.2 Å². The van der Waals surface area contributed by atoms with Crippen LogP contribution in [0.15, 0.2) is 4.99 Å². The van der Waals surface area contributed by atoms with Gasteiger partial charge in [0.15, 0.2) is 0 Å². The molecule has 0 saturated carbocycles. The summed E-state index contributed by atoms with van der Waals surface area (Å²) in [4.78, 5) is 4.76. The standard InChI is InChI=1S/C9H15F3N2O/c1-7(2,3)6-13-8(15,5-14(6)4)9(10,11)12/h15H,5H2,1-4H3. The van der Waals surface area contributed by atoms with Crippen molar-refractivity contribution in [1.82, 2.24) is 4.90 Å². The molecule has 1 heterocycles. The largest absolute Gasteiger partial charge is 0.440 e. The third kappa shape index (κ3) is 2.09. The van der Waals surface area contributed by atoms with Crippen molar-refractivity contribution in [3.05, 3.63) is 0 Å². The van der Waals surface area contributed by atoms with Gasteiger partial charge in [-0.1, -0.05) is 20.8 Å². The Morgan fingerprint density at radius 3 is 2.00 bits per heavy atom. The fraction of sp³-hybridized carbons (Fsp3) is 0.889. The van der Waals surface area contributed by atoms with Crippen molar-refractivity contribution in [3.8, 4) is 0 Å². The van der Waals surface area contributed by atoms with E-state index in [1.54, 1.807) is 20.8 Å². The van der Waals surface area contributed by atoms with Gasteiger partial charge in [-0.2, -0.15) is 13.2 Å². The molecule has 0 bridgehead atoms. The number of aliphatic imine (C=N–C) groups is 1. The van der Waals surface area contributed by atoms with Crippen LogP contribution >= 0.6 is 0 Å². The second-order valence-electron chi connectivity index (χ2n) is 4.86. The summed E-state index contributed by atoms with van der Waals surface area (Å²) in [5.41, 5.74) is -3.46. The molecular weight excluding hydrogens is 209 g/mol. The first-order valence-electron chi connectivity index (χ1n) is 4.58. The fourth-order valence-electron chi connectivity index (χ4n) is 1.59. The Kier molecular flexibility index (Phi) is 2.54. The smallest absolute Gasteiger partial charge is 0.361 e. The third-order valence-electron chi connectivity index (χ3n) is 2.23. The zero-order valence-corrected chi connectivity index (χ0v) is 9.18. The number of likely N-dealkylation sites (N-methyl/N-ethyl adjacent to an activating group) is 1. The molecule has 0 spiro atoms. The van der Waals surface area contributed by atoms with E-state index in [-0.39, 0.29) is 5.84 Å². The predicted molar refractivity (Wildman–Crippen MR) is 50.5 cm³/mol. The number of halogens is 3. The molecule has 88 valence electrons. The van der Waals surface area contributed by atoms with Crippen LogP contribution in [0, 0.1) is 5.41 Å². The van der Waals surface area contributed by atoms with Crippen LogP contribution in [0.2, 0.25) is 0 Å². The number of amidine groups is 1. The lowest BCUT2D eigenvalue weighted by molar-refractivity contribution is -0.253. The normalized spacial score (nSPS) is 28.3. The van der Waals surface area contributed by atoms with Gasteiger partial charge in [0.25, 0.3) is 5.72 Å². The number of hydrogen-bond donors (Lipinski definition) is 1. The molecule has 1 atom stereocenters. The summed E-state index contributed by atoms with van der Waals surface area (Å²) >= 11 is 0. The molecule has 1 unspecified atom stereocenters. The first-order valence-corrected chi connectivity index (χ1v) is 4.58. The molecule has 0 aromatic rings. The fourth-order valence-corrected chi connectivity index (χ4v) is 1.59. The number of rotatable bonds is 0. The van der Waals surface area contributed by atoms with E-state index >= 15 is 0 Å². The van der Waals surface area contributed by atoms with Gasteiger partial charge < -0.3 is 10.0 Å². The van der Waals surface area contributed by atoms with Crippen LogP contribution in [0.25, 0.3) is 0 Å². The summed E-state index contributed by atoms with van der Waals surface area (Å²) in [6, 6.07) is 0. The lowest BCUT2D eigenvalue weighted by Crippen LogP contribution is -2.47. The zero-order valence-electron chi connectivity index (χ0n) is 9.18. The van der Waals surface area contributed by atoms with Crippen LogP contribution in [-0.4, -0.2) is 41.3 Å². The lowest BCUT2D eigenvalue weighted by atomic mass is 9.94. The van der Waals surface area contributed by atoms with Crippen molar-refractivity contribution < 1.29 is 18.3 Å². The Morgan fingerprint density at radius 1 is 1.33 bits per heavy atom. The van der Waals surface area contributed by atoms with Crippen LogP contribution in [0.3, 0.4) is 0 Å². The van der Waals surface area contributed by atoms with Gasteiger partial charge in [0.05, 0.1) is 6.54 Å². The average molecular weight is 224 g/mol. The quantitative estimate of drug-likeness (QED) is 0.678. The second kappa shape index (κ2) is 3.10. The number of nitrogens with zero attached hydrogens (tertiary/aromatic N) is 2. The average Bonchev–Trinajstić information content (AvgIpc) is 2.24. The highest BCUT2D eigenvalue weighted by Gasteiger charge is 2.58. The molecule has 3 nitrogen and oxygen atoms in total. The number of alkyl halides is 3. The van der Waals surface area contributed by atoms with E-state index < -0.39 is 23.9 Å². The minimum absolute atomic E-state index is 0.266. The predicted octanol–water partition coefficient (Wildman–Crippen LogP) is 1.63. The van der Waals surface area contributed by atoms with Crippen molar-refractivity contribution in [3.63, 3.8) is 0 Å². The Labute approximate surface area is 86.6 Å². The van der Waals surface area contributed by atoms with Crippen LogP contribution < -0.4 is 0 Å². The maximum Gasteiger partial charge on any atom is 0.440 e. The van der Waals surface area contributed by atoms with Gasteiger partial charge in [0.2, 0.25) is 0 Å². The Bertz CT molecular complexity index is 293. The Hall–Kier alpha value is -0.780. The number of hydrogen-bond acceptors (Lipinski definition) is 3. The Morgan fingerprint density at radius 2 is 1.80 bits per heavy atom. The SMILES string of the molecule is CN1CC(O)(C(F)(F)F)N=C1C(C)(C)C. The molecule has 6 heteroatoms. The topological polar surface area (TPSA) is 35.8 Å². The minimum atomic E-state index is -4.73. The molecule has 1 aliphatic rings. The van der Waals surface area contributed by atoms with E-state index in [9.17, 15) is 18.3 Å². The maximum absolute atomic E-state index is 12.5. The van der Waals surface area contributed by atoms with Gasteiger partial charge in [0, 0.05) is 12.5 Å². The van der Waals surface area contributed by atoms with Crippen molar-refractivity contribution >= 4 is 5.84 Å². The summed E-state index contributed by atoms with van der Waals surface area (Å²) in [6.07, 6.45) is -4.73. The van der Waals surface area contributed by atoms with Crippen molar-refractivity contribution in [2.75, 3.05) is 13.6 Å². The molecule has 1 N–H and O–H groups in total. The third-order valence-corrected chi connectivity index (χ3v) is 2.23. The molecular formula is C9H15F3N2O. The van der Waals surface area contributed by atoms with Crippen LogP contribution in [0.1, 0.15) is 20.8 Å². The first kappa shape index (κ1) is 12.3. The van der Waals surface area contributed by atoms with E-state index in [1.165, 1.54) is 11.9 Å². The lowest BCUT2D eigenvalue weighted by Gasteiger charge is -2.25. The molecule has 0 aromatic carbocycles. The van der Waals surface area contributed by atoms with Gasteiger partial charge in [-0.3, -0.25) is 0 Å². The van der Waals surface area contributed by atoms with E-state index in [1.807, 2.05) is 0 Å². The van der Waals surface area contributed by atoms with Gasteiger partial charge in [0.1, 0.15) is 5.84 Å². The summed E-state index contributed by atoms with van der Waals surface area (Å²) in [5.74, 6) is 0.266. The summed E-state index contributed by atoms with van der Waals surface area (Å²) in [7, 11) is 1.49. The molecule has 0 aromatic heterocycles. The summed E-state index contributed by atoms with van der Waals surface area (Å²) < 4.78 is 37.5. The van der Waals surface area contributed by atoms with E-state index in [0.717, 1.165) is 0 Å². The molecule has 15 heavy (non-hydrogen) atoms. The van der Waals surface area contributed by atoms with E-state index in [2.05, 4.69) is 4.99 Å². The van der Waals surface area contributed by atoms with Crippen molar-refractivity contribution in [2.45, 2.75) is 32.7 Å². The monoisotopic (exact) mass is 224 g/mol. The molecule has 0 radical (unpaired) electrons. The van der Waals surface area contributed by atoms with Gasteiger partial charge in [-0.15, -0.1) is 0 Å². The highest BCUT2D eigenvalue weighted by molar-refractivity contribution is 5.89. The molecule has 0 amide bonds. The molecule has 1 aliphatic heterocycles. The van der Waals surface area contributed by atoms with Crippen molar-refractivity contribution in [2.24, 2.45) is 10.4 Å². The number of β-amino-alcohol motifs (C(OH)–C–C–N with tert-alkyl or cyclic N) is 1. The van der Waals surface area contributed by atoms with Gasteiger partial charge in [-0.05, 0) is 0 Å². The molecule has 1 rings (SSSR count). The maximum atomic E-state index is 12.5. The summed E-state index contributed by atoms with van der Waals surface area (Å²) in [6.45, 7) is 4.72. The van der Waals surface area contributed by atoms with E-state index in [0.29, 0.717) is 0 Å². The number of aliphatic hydroxyl groups is 1. The highest BCUT2D eigenvalue weighted by Crippen LogP contribution is 2.38. The first-order chi connectivity index (χ1) is 6.47. The summed E-state index contributed by atoms with van der Waals surface area (Å²) in [5, 5.41) is 9.38. The van der Waals surface area contributed by atoms with Crippen LogP contribution in [0.5, 0.6) is 0 Å². The minimum Gasteiger partial charge on any atom is -0.361 e. The highest BCUT2D eigenvalue weighted by atomic mass is 19.4. The molecule has 0 fully saturated rings. The van der Waals surface area contributed by atoms with Gasteiger partial charge in [-0.25, -0.2) is 4.99 Å². The second-order valence-corrected chi connectivity index (χ2v) is 4.86. The van der Waals surface area contributed by atoms with Crippen molar-refractivity contribution in [1.29, 1.82) is 0 Å². The van der Waals surface area contributed by atoms with Gasteiger partial charge >= 0.3 is 6.18 Å². The molecule has 0 saturated heterocycles. The molecule has 0 aliphatic carbocycles. The Balaban J connectivity index is 3.09.